The van der Waals surface area contributed by atoms with E-state index in [9.17, 15) is 4.79 Å². The van der Waals surface area contributed by atoms with Gasteiger partial charge >= 0.3 is 6.47 Å². The van der Waals surface area contributed by atoms with Gasteiger partial charge in [-0.1, -0.05) is 42.5 Å². The van der Waals surface area contributed by atoms with Gasteiger partial charge in [0.15, 0.2) is 6.61 Å². The number of fused-ring (bicyclic) bond motifs is 3. The Bertz CT molecular complexity index is 573. The summed E-state index contributed by atoms with van der Waals surface area (Å²) in [6, 6.07) is 14.4. The van der Waals surface area contributed by atoms with Crippen molar-refractivity contribution in [2.24, 2.45) is 0 Å². The van der Waals surface area contributed by atoms with Crippen LogP contribution < -0.4 is 0 Å². The molecule has 17 heavy (non-hydrogen) atoms. The number of ether oxygens (including phenoxy) is 1. The average molecular weight is 222 g/mol. The Morgan fingerprint density at radius 1 is 1.06 bits per heavy atom. The zero-order chi connectivity index (χ0) is 11.7. The first kappa shape index (κ1) is 10.1. The molecule has 0 N–H and O–H groups in total. The number of hydrogen-bond acceptors (Lipinski definition) is 2. The zero-order valence-electron chi connectivity index (χ0n) is 9.14. The van der Waals surface area contributed by atoms with Gasteiger partial charge in [0.2, 0.25) is 0 Å². The Balaban J connectivity index is 2.07. The van der Waals surface area contributed by atoms with Crippen LogP contribution >= 0.6 is 0 Å². The van der Waals surface area contributed by atoms with Crippen molar-refractivity contribution in [2.45, 2.75) is 6.42 Å². The summed E-state index contributed by atoms with van der Waals surface area (Å²) in [5, 5.41) is 0. The highest BCUT2D eigenvalue weighted by molar-refractivity contribution is 5.78. The molecule has 2 aromatic rings. The van der Waals surface area contributed by atoms with E-state index in [0.29, 0.717) is 0 Å². The van der Waals surface area contributed by atoms with Gasteiger partial charge in [-0.05, 0) is 28.7 Å². The molecular formula is C15H10O2. The van der Waals surface area contributed by atoms with Gasteiger partial charge in [-0.15, -0.1) is 0 Å². The van der Waals surface area contributed by atoms with Crippen LogP contribution in [-0.2, 0) is 16.0 Å². The van der Waals surface area contributed by atoms with Gasteiger partial charge in [0.05, 0.1) is 0 Å². The Morgan fingerprint density at radius 3 is 2.76 bits per heavy atom. The molecule has 0 amide bonds. The normalized spacial score (nSPS) is 11.8. The van der Waals surface area contributed by atoms with Crippen LogP contribution in [0.2, 0.25) is 0 Å². The standard InChI is InChI=1S/C15H10O2/c16-10-17-9-12-5-3-7-14-13-6-2-1-4-11(13)8-15(12)14/h1-7,9H,8H2. The SMILES string of the molecule is O=[C]O[CH]c1cccc2c1Cc1ccccc1-2. The number of rotatable bonds is 3. The van der Waals surface area contributed by atoms with Crippen LogP contribution in [0.5, 0.6) is 0 Å². The summed E-state index contributed by atoms with van der Waals surface area (Å²) >= 11 is 0. The van der Waals surface area contributed by atoms with Crippen LogP contribution in [0, 0.1) is 6.61 Å². The van der Waals surface area contributed by atoms with Gasteiger partial charge in [0.1, 0.15) is 0 Å². The molecule has 0 aromatic heterocycles. The molecule has 0 spiro atoms. The number of carbonyl (C=O) groups excluding carboxylic acids is 1. The summed E-state index contributed by atoms with van der Waals surface area (Å²) in [5.41, 5.74) is 5.97. The smallest absolute Gasteiger partial charge is 0.418 e. The molecule has 2 radical (unpaired) electrons. The minimum atomic E-state index is 0.889. The summed E-state index contributed by atoms with van der Waals surface area (Å²) < 4.78 is 4.61. The highest BCUT2D eigenvalue weighted by Gasteiger charge is 2.20. The van der Waals surface area contributed by atoms with Crippen LogP contribution in [0.4, 0.5) is 0 Å². The summed E-state index contributed by atoms with van der Waals surface area (Å²) in [6.07, 6.45) is 0.889. The monoisotopic (exact) mass is 222 g/mol. The maximum atomic E-state index is 10.1. The van der Waals surface area contributed by atoms with Gasteiger partial charge in [-0.2, -0.15) is 0 Å². The Morgan fingerprint density at radius 2 is 1.88 bits per heavy atom. The van der Waals surface area contributed by atoms with Crippen molar-refractivity contribution in [2.75, 3.05) is 0 Å². The van der Waals surface area contributed by atoms with Crippen LogP contribution in [0.1, 0.15) is 16.7 Å². The van der Waals surface area contributed by atoms with Gasteiger partial charge in [0.25, 0.3) is 0 Å². The predicted molar refractivity (Wildman–Crippen MR) is 64.9 cm³/mol. The van der Waals surface area contributed by atoms with Crippen LogP contribution in [-0.4, -0.2) is 6.47 Å². The average Bonchev–Trinajstić information content (AvgIpc) is 2.75. The molecule has 0 heterocycles. The van der Waals surface area contributed by atoms with E-state index in [1.54, 1.807) is 0 Å². The Kier molecular flexibility index (Phi) is 2.41. The lowest BCUT2D eigenvalue weighted by atomic mass is 10.0. The van der Waals surface area contributed by atoms with Gasteiger partial charge in [0, 0.05) is 5.56 Å². The number of benzene rings is 2. The molecule has 1 aliphatic rings. The van der Waals surface area contributed by atoms with Crippen molar-refractivity contribution in [3.8, 4) is 11.1 Å². The second-order valence-corrected chi connectivity index (χ2v) is 4.03. The van der Waals surface area contributed by atoms with E-state index in [4.69, 9.17) is 0 Å². The Labute approximate surface area is 99.9 Å². The van der Waals surface area contributed by atoms with Crippen LogP contribution in [0.3, 0.4) is 0 Å². The molecule has 0 unspecified atom stereocenters. The van der Waals surface area contributed by atoms with E-state index in [2.05, 4.69) is 22.9 Å². The van der Waals surface area contributed by atoms with Crippen molar-refractivity contribution >= 4 is 6.47 Å². The van der Waals surface area contributed by atoms with Crippen molar-refractivity contribution in [3.05, 3.63) is 65.8 Å². The molecule has 0 saturated carbocycles. The molecule has 3 rings (SSSR count). The second-order valence-electron chi connectivity index (χ2n) is 4.03. The second kappa shape index (κ2) is 4.06. The predicted octanol–water partition coefficient (Wildman–Crippen LogP) is 2.85. The maximum absolute atomic E-state index is 10.1. The molecule has 0 atom stereocenters. The minimum Gasteiger partial charge on any atom is -0.445 e. The number of hydrogen-bond donors (Lipinski definition) is 0. The lowest BCUT2D eigenvalue weighted by molar-refractivity contribution is 0.363. The lowest BCUT2D eigenvalue weighted by Crippen LogP contribution is -1.93. The van der Waals surface area contributed by atoms with Crippen molar-refractivity contribution < 1.29 is 9.53 Å². The van der Waals surface area contributed by atoms with Crippen molar-refractivity contribution in [1.82, 2.24) is 0 Å². The zero-order valence-corrected chi connectivity index (χ0v) is 9.14. The van der Waals surface area contributed by atoms with E-state index in [0.717, 1.165) is 12.0 Å². The molecule has 0 fully saturated rings. The molecule has 2 aromatic carbocycles. The van der Waals surface area contributed by atoms with E-state index in [1.165, 1.54) is 35.3 Å². The first-order valence-electron chi connectivity index (χ1n) is 5.46. The van der Waals surface area contributed by atoms with Crippen LogP contribution in [0.15, 0.2) is 42.5 Å². The summed E-state index contributed by atoms with van der Waals surface area (Å²) in [4.78, 5) is 10.1. The van der Waals surface area contributed by atoms with Gasteiger partial charge in [-0.25, -0.2) is 4.79 Å². The largest absolute Gasteiger partial charge is 0.445 e. The fourth-order valence-corrected chi connectivity index (χ4v) is 2.38. The lowest BCUT2D eigenvalue weighted by Gasteiger charge is -2.05. The van der Waals surface area contributed by atoms with E-state index >= 15 is 0 Å². The Hall–Kier alpha value is -2.09. The van der Waals surface area contributed by atoms with Crippen LogP contribution in [0.25, 0.3) is 11.1 Å². The molecule has 82 valence electrons. The van der Waals surface area contributed by atoms with Gasteiger partial charge in [-0.3, -0.25) is 0 Å². The van der Waals surface area contributed by atoms with Gasteiger partial charge < -0.3 is 4.74 Å². The summed E-state index contributed by atoms with van der Waals surface area (Å²) in [7, 11) is 0. The molecular weight excluding hydrogens is 212 g/mol. The summed E-state index contributed by atoms with van der Waals surface area (Å²) in [5.74, 6) is 0. The van der Waals surface area contributed by atoms with E-state index in [-0.39, 0.29) is 0 Å². The highest BCUT2D eigenvalue weighted by Crippen LogP contribution is 2.38. The first-order valence-corrected chi connectivity index (χ1v) is 5.46. The first-order chi connectivity index (χ1) is 8.40. The molecule has 2 nitrogen and oxygen atoms in total. The van der Waals surface area contributed by atoms with E-state index in [1.807, 2.05) is 24.3 Å². The minimum absolute atomic E-state index is 0.889. The van der Waals surface area contributed by atoms with E-state index < -0.39 is 0 Å². The van der Waals surface area contributed by atoms with Crippen molar-refractivity contribution in [1.29, 1.82) is 0 Å². The molecule has 0 bridgehead atoms. The fraction of sp³-hybridized carbons (Fsp3) is 0.0667. The quantitative estimate of drug-likeness (QED) is 0.681. The molecule has 1 aliphatic carbocycles. The fourth-order valence-electron chi connectivity index (χ4n) is 2.38. The third-order valence-electron chi connectivity index (χ3n) is 3.12. The molecule has 0 aliphatic heterocycles. The maximum Gasteiger partial charge on any atom is 0.418 e. The molecule has 2 heteroatoms. The van der Waals surface area contributed by atoms with Crippen molar-refractivity contribution in [3.63, 3.8) is 0 Å². The third kappa shape index (κ3) is 1.62. The topological polar surface area (TPSA) is 26.3 Å². The summed E-state index contributed by atoms with van der Waals surface area (Å²) in [6.45, 7) is 2.88. The highest BCUT2D eigenvalue weighted by atomic mass is 16.5. The molecule has 0 saturated heterocycles. The third-order valence-corrected chi connectivity index (χ3v) is 3.12.